The molecule has 1 saturated carbocycles. The minimum Gasteiger partial charge on any atom is -0.349 e. The van der Waals surface area contributed by atoms with Gasteiger partial charge in [-0.2, -0.15) is 0 Å². The highest BCUT2D eigenvalue weighted by Gasteiger charge is 2.31. The second-order valence-corrected chi connectivity index (χ2v) is 6.27. The van der Waals surface area contributed by atoms with E-state index < -0.39 is 0 Å². The van der Waals surface area contributed by atoms with Crippen molar-refractivity contribution in [1.29, 1.82) is 0 Å². The molecule has 1 amide bonds. The van der Waals surface area contributed by atoms with Gasteiger partial charge in [0.05, 0.1) is 0 Å². The zero-order valence-electron chi connectivity index (χ0n) is 12.2. The zero-order chi connectivity index (χ0) is 13.8. The number of carbonyl (C=O) groups is 1. The number of benzene rings is 1. The average molecular weight is 259 g/mol. The molecule has 3 atom stereocenters. The number of hydrogen-bond donors (Lipinski definition) is 1. The van der Waals surface area contributed by atoms with Crippen LogP contribution in [-0.2, 0) is 0 Å². The quantitative estimate of drug-likeness (QED) is 0.877. The molecule has 0 aromatic heterocycles. The molecular weight excluding hydrogens is 234 g/mol. The molecule has 0 aliphatic heterocycles. The van der Waals surface area contributed by atoms with Gasteiger partial charge in [-0.25, -0.2) is 0 Å². The van der Waals surface area contributed by atoms with Crippen molar-refractivity contribution in [1.82, 2.24) is 5.32 Å². The summed E-state index contributed by atoms with van der Waals surface area (Å²) in [6.07, 6.45) is 3.64. The molecule has 2 heteroatoms. The molecule has 19 heavy (non-hydrogen) atoms. The fourth-order valence-electron chi connectivity index (χ4n) is 3.21. The molecule has 0 spiro atoms. The second-order valence-electron chi connectivity index (χ2n) is 6.27. The number of hydrogen-bond acceptors (Lipinski definition) is 1. The first-order valence-electron chi connectivity index (χ1n) is 7.44. The summed E-state index contributed by atoms with van der Waals surface area (Å²) in [7, 11) is 0. The molecule has 1 N–H and O–H groups in total. The van der Waals surface area contributed by atoms with E-state index >= 15 is 0 Å². The maximum atomic E-state index is 12.3. The molecule has 1 aromatic carbocycles. The molecule has 0 saturated heterocycles. The summed E-state index contributed by atoms with van der Waals surface area (Å²) >= 11 is 0. The zero-order valence-corrected chi connectivity index (χ0v) is 12.2. The van der Waals surface area contributed by atoms with Gasteiger partial charge in [-0.05, 0) is 42.7 Å². The minimum atomic E-state index is 0.0744. The first-order chi connectivity index (χ1) is 9.08. The highest BCUT2D eigenvalue weighted by molar-refractivity contribution is 5.94. The topological polar surface area (TPSA) is 29.1 Å². The first-order valence-corrected chi connectivity index (χ1v) is 7.44. The van der Waals surface area contributed by atoms with Gasteiger partial charge in [0.1, 0.15) is 0 Å². The Morgan fingerprint density at radius 2 is 1.89 bits per heavy atom. The summed E-state index contributed by atoms with van der Waals surface area (Å²) in [6.45, 7) is 6.82. The third-order valence-electron chi connectivity index (χ3n) is 4.37. The molecule has 104 valence electrons. The van der Waals surface area contributed by atoms with Crippen LogP contribution in [0.5, 0.6) is 0 Å². The van der Waals surface area contributed by atoms with Crippen molar-refractivity contribution in [3.05, 3.63) is 35.9 Å². The molecule has 2 rings (SSSR count). The van der Waals surface area contributed by atoms with Gasteiger partial charge in [0.15, 0.2) is 0 Å². The van der Waals surface area contributed by atoms with Crippen molar-refractivity contribution in [3.63, 3.8) is 0 Å². The van der Waals surface area contributed by atoms with Gasteiger partial charge in [0.2, 0.25) is 0 Å². The van der Waals surface area contributed by atoms with Crippen LogP contribution in [0.4, 0.5) is 0 Å². The van der Waals surface area contributed by atoms with Crippen molar-refractivity contribution in [3.8, 4) is 0 Å². The van der Waals surface area contributed by atoms with Crippen LogP contribution in [0.2, 0.25) is 0 Å². The van der Waals surface area contributed by atoms with Gasteiger partial charge >= 0.3 is 0 Å². The van der Waals surface area contributed by atoms with Crippen LogP contribution in [0.1, 0.15) is 50.4 Å². The molecule has 1 aromatic rings. The highest BCUT2D eigenvalue weighted by atomic mass is 16.1. The molecule has 1 fully saturated rings. The SMILES string of the molecule is CC(C)[C@H]1CC[C@H](C)C[C@H]1NC(=O)c1ccccc1. The molecule has 0 unspecified atom stereocenters. The van der Waals surface area contributed by atoms with Crippen molar-refractivity contribution in [2.75, 3.05) is 0 Å². The summed E-state index contributed by atoms with van der Waals surface area (Å²) in [4.78, 5) is 12.3. The Kier molecular flexibility index (Phi) is 4.62. The van der Waals surface area contributed by atoms with Crippen LogP contribution in [0.3, 0.4) is 0 Å². The van der Waals surface area contributed by atoms with E-state index in [9.17, 15) is 4.79 Å². The van der Waals surface area contributed by atoms with E-state index in [1.165, 1.54) is 12.8 Å². The van der Waals surface area contributed by atoms with E-state index in [-0.39, 0.29) is 5.91 Å². The summed E-state index contributed by atoms with van der Waals surface area (Å²) in [5.74, 6) is 2.04. The fourth-order valence-corrected chi connectivity index (χ4v) is 3.21. The average Bonchev–Trinajstić information content (AvgIpc) is 2.39. The Hall–Kier alpha value is -1.31. The molecule has 2 nitrogen and oxygen atoms in total. The van der Waals surface area contributed by atoms with Gasteiger partial charge < -0.3 is 5.32 Å². The van der Waals surface area contributed by atoms with Gasteiger partial charge in [-0.3, -0.25) is 4.79 Å². The number of rotatable bonds is 3. The van der Waals surface area contributed by atoms with Crippen LogP contribution in [0.25, 0.3) is 0 Å². The van der Waals surface area contributed by atoms with E-state index in [0.29, 0.717) is 17.9 Å². The van der Waals surface area contributed by atoms with Gasteiger partial charge in [0.25, 0.3) is 5.91 Å². The largest absolute Gasteiger partial charge is 0.349 e. The smallest absolute Gasteiger partial charge is 0.251 e. The standard InChI is InChI=1S/C17H25NO/c1-12(2)15-10-9-13(3)11-16(15)18-17(19)14-7-5-4-6-8-14/h4-8,12-13,15-16H,9-11H2,1-3H3,(H,18,19)/t13-,15+,16+/m0/s1. The lowest BCUT2D eigenvalue weighted by Gasteiger charge is -2.37. The number of nitrogens with one attached hydrogen (secondary N) is 1. The van der Waals surface area contributed by atoms with Gasteiger partial charge in [-0.15, -0.1) is 0 Å². The summed E-state index contributed by atoms with van der Waals surface area (Å²) in [6, 6.07) is 9.86. The van der Waals surface area contributed by atoms with Crippen molar-refractivity contribution in [2.24, 2.45) is 17.8 Å². The lowest BCUT2D eigenvalue weighted by atomic mass is 9.74. The molecular formula is C17H25NO. The second kappa shape index (κ2) is 6.23. The first kappa shape index (κ1) is 14.1. The van der Waals surface area contributed by atoms with Gasteiger partial charge in [0, 0.05) is 11.6 Å². The minimum absolute atomic E-state index is 0.0744. The summed E-state index contributed by atoms with van der Waals surface area (Å²) < 4.78 is 0. The van der Waals surface area contributed by atoms with E-state index in [0.717, 1.165) is 17.9 Å². The van der Waals surface area contributed by atoms with Crippen molar-refractivity contribution in [2.45, 2.75) is 46.1 Å². The Labute approximate surface area is 116 Å². The Balaban J connectivity index is 2.04. The van der Waals surface area contributed by atoms with E-state index in [4.69, 9.17) is 0 Å². The third-order valence-corrected chi connectivity index (χ3v) is 4.37. The predicted octanol–water partition coefficient (Wildman–Crippen LogP) is 3.88. The number of amides is 1. The van der Waals surface area contributed by atoms with Crippen molar-refractivity contribution >= 4 is 5.91 Å². The number of carbonyl (C=O) groups excluding carboxylic acids is 1. The maximum Gasteiger partial charge on any atom is 0.251 e. The van der Waals surface area contributed by atoms with Crippen LogP contribution < -0.4 is 5.32 Å². The molecule has 0 bridgehead atoms. The lowest BCUT2D eigenvalue weighted by molar-refractivity contribution is 0.0868. The normalized spacial score (nSPS) is 27.3. The molecule has 0 radical (unpaired) electrons. The van der Waals surface area contributed by atoms with E-state index in [1.54, 1.807) is 0 Å². The third kappa shape index (κ3) is 3.59. The van der Waals surface area contributed by atoms with Gasteiger partial charge in [-0.1, -0.05) is 45.4 Å². The Morgan fingerprint density at radius 3 is 2.53 bits per heavy atom. The van der Waals surface area contributed by atoms with E-state index in [2.05, 4.69) is 26.1 Å². The van der Waals surface area contributed by atoms with Crippen LogP contribution >= 0.6 is 0 Å². The predicted molar refractivity (Wildman–Crippen MR) is 79.0 cm³/mol. The van der Waals surface area contributed by atoms with E-state index in [1.807, 2.05) is 30.3 Å². The Bertz CT molecular complexity index is 413. The molecule has 1 aliphatic rings. The molecule has 1 aliphatic carbocycles. The summed E-state index contributed by atoms with van der Waals surface area (Å²) in [5, 5.41) is 3.26. The van der Waals surface area contributed by atoms with Crippen LogP contribution in [-0.4, -0.2) is 11.9 Å². The summed E-state index contributed by atoms with van der Waals surface area (Å²) in [5.41, 5.74) is 0.767. The van der Waals surface area contributed by atoms with Crippen LogP contribution in [0, 0.1) is 17.8 Å². The van der Waals surface area contributed by atoms with Crippen molar-refractivity contribution < 1.29 is 4.79 Å². The lowest BCUT2D eigenvalue weighted by Crippen LogP contribution is -2.45. The van der Waals surface area contributed by atoms with Crippen LogP contribution in [0.15, 0.2) is 30.3 Å². The maximum absolute atomic E-state index is 12.3. The highest BCUT2D eigenvalue weighted by Crippen LogP contribution is 2.33. The fraction of sp³-hybridized carbons (Fsp3) is 0.588. The molecule has 0 heterocycles. The monoisotopic (exact) mass is 259 g/mol. The Morgan fingerprint density at radius 1 is 1.21 bits per heavy atom.